The summed E-state index contributed by atoms with van der Waals surface area (Å²) in [4.78, 5) is 2.56. The first-order chi connectivity index (χ1) is 9.44. The third-order valence-electron chi connectivity index (χ3n) is 2.81. The van der Waals surface area contributed by atoms with Gasteiger partial charge in [0.2, 0.25) is 0 Å². The van der Waals surface area contributed by atoms with Crippen LogP contribution in [0, 0.1) is 0 Å². The molecule has 0 saturated heterocycles. The molecule has 0 fully saturated rings. The number of halogens is 1. The Balaban J connectivity index is 2.20. The highest BCUT2D eigenvalue weighted by molar-refractivity contribution is 9.10. The lowest BCUT2D eigenvalue weighted by molar-refractivity contribution is 0.422. The molecule has 0 amide bonds. The molecule has 2 aromatic rings. The van der Waals surface area contributed by atoms with Gasteiger partial charge in [-0.3, -0.25) is 0 Å². The zero-order valence-corrected chi connectivity index (χ0v) is 14.5. The van der Waals surface area contributed by atoms with Crippen molar-refractivity contribution in [1.29, 1.82) is 0 Å². The van der Waals surface area contributed by atoms with Crippen LogP contribution in [0.15, 0.2) is 62.8 Å². The molecule has 0 aliphatic heterocycles. The lowest BCUT2D eigenvalue weighted by Gasteiger charge is -2.21. The van der Waals surface area contributed by atoms with Crippen molar-refractivity contribution < 1.29 is 0 Å². The molecule has 2 aromatic carbocycles. The molecule has 0 aliphatic carbocycles. The van der Waals surface area contributed by atoms with Crippen LogP contribution in [-0.2, 0) is 6.54 Å². The summed E-state index contributed by atoms with van der Waals surface area (Å²) >= 11 is 5.38. The lowest BCUT2D eigenvalue weighted by atomic mass is 10.1. The fraction of sp³-hybridized carbons (Fsp3) is 0.294. The highest BCUT2D eigenvalue weighted by Crippen LogP contribution is 2.32. The molecular weight excluding hydrogens is 330 g/mol. The molecule has 0 unspecified atom stereocenters. The molecule has 0 aliphatic rings. The van der Waals surface area contributed by atoms with E-state index in [1.165, 1.54) is 15.4 Å². The molecule has 1 N–H and O–H groups in total. The Morgan fingerprint density at radius 2 is 1.75 bits per heavy atom. The summed E-state index contributed by atoms with van der Waals surface area (Å²) in [5.41, 5.74) is 1.46. The average Bonchev–Trinajstić information content (AvgIpc) is 2.38. The van der Waals surface area contributed by atoms with Crippen LogP contribution < -0.4 is 5.32 Å². The number of benzene rings is 2. The molecule has 2 rings (SSSR count). The summed E-state index contributed by atoms with van der Waals surface area (Å²) < 4.78 is 1.12. The topological polar surface area (TPSA) is 12.0 Å². The molecule has 0 bridgehead atoms. The lowest BCUT2D eigenvalue weighted by Crippen LogP contribution is -2.35. The van der Waals surface area contributed by atoms with E-state index in [9.17, 15) is 0 Å². The molecule has 1 nitrogen and oxygen atoms in total. The molecular formula is C17H20BrNS. The minimum atomic E-state index is 0.127. The standard InChI is InChI=1S/C17H20BrNS/c1-17(2,3)19-12-13-9-10-14(18)11-16(13)20-15-7-5-4-6-8-15/h4-11,19H,12H2,1-3H3. The van der Waals surface area contributed by atoms with Crippen molar-refractivity contribution in [2.75, 3.05) is 0 Å². The first kappa shape index (κ1) is 15.6. The average molecular weight is 350 g/mol. The highest BCUT2D eigenvalue weighted by atomic mass is 79.9. The van der Waals surface area contributed by atoms with Crippen molar-refractivity contribution in [3.63, 3.8) is 0 Å². The summed E-state index contributed by atoms with van der Waals surface area (Å²) in [7, 11) is 0. The van der Waals surface area contributed by atoms with Crippen LogP contribution in [0.4, 0.5) is 0 Å². The van der Waals surface area contributed by atoms with Crippen LogP contribution in [0.3, 0.4) is 0 Å². The van der Waals surface area contributed by atoms with Gasteiger partial charge < -0.3 is 5.32 Å². The van der Waals surface area contributed by atoms with Crippen molar-refractivity contribution in [3.8, 4) is 0 Å². The molecule has 106 valence electrons. The van der Waals surface area contributed by atoms with Gasteiger partial charge in [0.05, 0.1) is 0 Å². The van der Waals surface area contributed by atoms with Crippen LogP contribution in [0.5, 0.6) is 0 Å². The van der Waals surface area contributed by atoms with Gasteiger partial charge in [-0.25, -0.2) is 0 Å². The Labute approximate surface area is 134 Å². The number of nitrogens with one attached hydrogen (secondary N) is 1. The van der Waals surface area contributed by atoms with Crippen molar-refractivity contribution >= 4 is 27.7 Å². The molecule has 0 saturated carbocycles. The van der Waals surface area contributed by atoms with E-state index in [4.69, 9.17) is 0 Å². The molecule has 3 heteroatoms. The fourth-order valence-electron chi connectivity index (χ4n) is 1.75. The van der Waals surface area contributed by atoms with Gasteiger partial charge in [-0.1, -0.05) is 52.0 Å². The van der Waals surface area contributed by atoms with Gasteiger partial charge in [0.1, 0.15) is 0 Å². The zero-order chi connectivity index (χ0) is 14.6. The predicted molar refractivity (Wildman–Crippen MR) is 91.3 cm³/mol. The van der Waals surface area contributed by atoms with Gasteiger partial charge in [0.25, 0.3) is 0 Å². The number of rotatable bonds is 4. The van der Waals surface area contributed by atoms with Crippen LogP contribution in [0.1, 0.15) is 26.3 Å². The van der Waals surface area contributed by atoms with E-state index in [1.807, 2.05) is 17.8 Å². The smallest absolute Gasteiger partial charge is 0.0221 e. The van der Waals surface area contributed by atoms with Crippen molar-refractivity contribution in [2.24, 2.45) is 0 Å². The van der Waals surface area contributed by atoms with Gasteiger partial charge in [0.15, 0.2) is 0 Å². The maximum Gasteiger partial charge on any atom is 0.0221 e. The first-order valence-corrected chi connectivity index (χ1v) is 8.31. The monoisotopic (exact) mass is 349 g/mol. The normalized spacial score (nSPS) is 11.6. The third kappa shape index (κ3) is 4.97. The van der Waals surface area contributed by atoms with E-state index >= 15 is 0 Å². The minimum absolute atomic E-state index is 0.127. The van der Waals surface area contributed by atoms with Crippen LogP contribution in [0.2, 0.25) is 0 Å². The Morgan fingerprint density at radius 1 is 1.05 bits per heavy atom. The van der Waals surface area contributed by atoms with E-state index in [-0.39, 0.29) is 5.54 Å². The van der Waals surface area contributed by atoms with Crippen molar-refractivity contribution in [1.82, 2.24) is 5.32 Å². The van der Waals surface area contributed by atoms with Gasteiger partial charge in [-0.2, -0.15) is 0 Å². The van der Waals surface area contributed by atoms with Gasteiger partial charge in [0, 0.05) is 26.3 Å². The summed E-state index contributed by atoms with van der Waals surface area (Å²) in [6.45, 7) is 7.45. The Kier molecular flexibility index (Phi) is 5.30. The van der Waals surface area contributed by atoms with E-state index in [0.29, 0.717) is 0 Å². The largest absolute Gasteiger partial charge is 0.308 e. The van der Waals surface area contributed by atoms with Gasteiger partial charge in [-0.15, -0.1) is 0 Å². The quantitative estimate of drug-likeness (QED) is 0.783. The van der Waals surface area contributed by atoms with E-state index in [0.717, 1.165) is 11.0 Å². The van der Waals surface area contributed by atoms with E-state index in [1.54, 1.807) is 0 Å². The Bertz CT molecular complexity index is 561. The van der Waals surface area contributed by atoms with Crippen LogP contribution >= 0.6 is 27.7 Å². The van der Waals surface area contributed by atoms with Crippen molar-refractivity contribution in [3.05, 3.63) is 58.6 Å². The molecule has 0 radical (unpaired) electrons. The summed E-state index contributed by atoms with van der Waals surface area (Å²) in [5.74, 6) is 0. The predicted octanol–water partition coefficient (Wildman–Crippen LogP) is 5.49. The number of hydrogen-bond acceptors (Lipinski definition) is 2. The molecule has 0 aromatic heterocycles. The molecule has 0 atom stereocenters. The first-order valence-electron chi connectivity index (χ1n) is 6.70. The second kappa shape index (κ2) is 6.79. The maximum atomic E-state index is 3.57. The van der Waals surface area contributed by atoms with Crippen LogP contribution in [0.25, 0.3) is 0 Å². The van der Waals surface area contributed by atoms with E-state index in [2.05, 4.69) is 84.5 Å². The van der Waals surface area contributed by atoms with E-state index < -0.39 is 0 Å². The molecule has 0 heterocycles. The van der Waals surface area contributed by atoms with Crippen LogP contribution in [-0.4, -0.2) is 5.54 Å². The van der Waals surface area contributed by atoms with Gasteiger partial charge in [-0.05, 0) is 50.6 Å². The van der Waals surface area contributed by atoms with Gasteiger partial charge >= 0.3 is 0 Å². The second-order valence-corrected chi connectivity index (χ2v) is 7.80. The molecule has 20 heavy (non-hydrogen) atoms. The maximum absolute atomic E-state index is 3.57. The Morgan fingerprint density at radius 3 is 2.40 bits per heavy atom. The molecule has 0 spiro atoms. The van der Waals surface area contributed by atoms with Crippen molar-refractivity contribution in [2.45, 2.75) is 42.6 Å². The zero-order valence-electron chi connectivity index (χ0n) is 12.1. The SMILES string of the molecule is CC(C)(C)NCc1ccc(Br)cc1Sc1ccccc1. The minimum Gasteiger partial charge on any atom is -0.308 e. The fourth-order valence-corrected chi connectivity index (χ4v) is 3.26. The second-order valence-electron chi connectivity index (χ2n) is 5.77. The highest BCUT2D eigenvalue weighted by Gasteiger charge is 2.11. The summed E-state index contributed by atoms with van der Waals surface area (Å²) in [6.07, 6.45) is 0. The summed E-state index contributed by atoms with van der Waals surface area (Å²) in [5, 5.41) is 3.56. The number of hydrogen-bond donors (Lipinski definition) is 1. The summed E-state index contributed by atoms with van der Waals surface area (Å²) in [6, 6.07) is 17.0. The Hall–Kier alpha value is -0.770. The third-order valence-corrected chi connectivity index (χ3v) is 4.41.